The maximum Gasteiger partial charge on any atom is 0.211 e. The second-order valence-electron chi connectivity index (χ2n) is 3.70. The summed E-state index contributed by atoms with van der Waals surface area (Å²) in [7, 11) is -3.12. The second-order valence-corrected chi connectivity index (χ2v) is 5.63. The lowest BCUT2D eigenvalue weighted by molar-refractivity contribution is 0.581. The average Bonchev–Trinajstić information content (AvgIpc) is 2.27. The molecule has 0 atom stereocenters. The van der Waals surface area contributed by atoms with Gasteiger partial charge in [0, 0.05) is 13.1 Å². The van der Waals surface area contributed by atoms with Crippen molar-refractivity contribution in [3.63, 3.8) is 0 Å². The van der Waals surface area contributed by atoms with Crippen molar-refractivity contribution in [1.82, 2.24) is 14.9 Å². The highest BCUT2D eigenvalue weighted by Gasteiger charge is 2.06. The Labute approximate surface area is 102 Å². The zero-order valence-electron chi connectivity index (χ0n) is 10.1. The minimum absolute atomic E-state index is 0.164. The van der Waals surface area contributed by atoms with E-state index in [9.17, 15) is 8.42 Å². The summed E-state index contributed by atoms with van der Waals surface area (Å²) >= 11 is 0. The van der Waals surface area contributed by atoms with E-state index in [1.807, 2.05) is 26.0 Å². The van der Waals surface area contributed by atoms with Crippen LogP contribution in [-0.2, 0) is 10.0 Å². The minimum atomic E-state index is -3.12. The van der Waals surface area contributed by atoms with E-state index in [1.165, 1.54) is 0 Å². The largest absolute Gasteiger partial charge is 0.367 e. The number of hydrogen-bond acceptors (Lipinski definition) is 5. The number of aryl methyl sites for hydroxylation is 1. The predicted molar refractivity (Wildman–Crippen MR) is 67.3 cm³/mol. The summed E-state index contributed by atoms with van der Waals surface area (Å²) in [5, 5.41) is 10.8. The fourth-order valence-corrected chi connectivity index (χ4v) is 2.33. The molecule has 1 aromatic rings. The van der Waals surface area contributed by atoms with Crippen LogP contribution in [0.25, 0.3) is 0 Å². The lowest BCUT2D eigenvalue weighted by atomic mass is 10.4. The van der Waals surface area contributed by atoms with Gasteiger partial charge in [-0.15, -0.1) is 5.10 Å². The van der Waals surface area contributed by atoms with Crippen molar-refractivity contribution in [3.8, 4) is 0 Å². The van der Waals surface area contributed by atoms with Crippen molar-refractivity contribution in [2.24, 2.45) is 0 Å². The van der Waals surface area contributed by atoms with Crippen molar-refractivity contribution >= 4 is 15.8 Å². The first-order chi connectivity index (χ1) is 8.03. The molecule has 0 bridgehead atoms. The van der Waals surface area contributed by atoms with Gasteiger partial charge in [0.05, 0.1) is 11.4 Å². The number of aromatic nitrogens is 2. The fourth-order valence-electron chi connectivity index (χ4n) is 1.23. The maximum atomic E-state index is 11.3. The lowest BCUT2D eigenvalue weighted by Crippen LogP contribution is -2.30. The van der Waals surface area contributed by atoms with Gasteiger partial charge in [0.15, 0.2) is 0 Å². The molecule has 6 nitrogen and oxygen atoms in total. The Balaban J connectivity index is 2.27. The SMILES string of the molecule is CCCS(=O)(=O)NCCNc1ccc(C)nn1. The van der Waals surface area contributed by atoms with E-state index >= 15 is 0 Å². The molecule has 0 aliphatic heterocycles. The zero-order valence-corrected chi connectivity index (χ0v) is 10.9. The number of sulfonamides is 1. The van der Waals surface area contributed by atoms with Crippen LogP contribution in [0.15, 0.2) is 12.1 Å². The summed E-state index contributed by atoms with van der Waals surface area (Å²) in [5.41, 5.74) is 0.846. The summed E-state index contributed by atoms with van der Waals surface area (Å²) in [6.45, 7) is 4.52. The lowest BCUT2D eigenvalue weighted by Gasteiger charge is -2.07. The van der Waals surface area contributed by atoms with Crippen LogP contribution in [0.3, 0.4) is 0 Å². The predicted octanol–water partition coefficient (Wildman–Crippen LogP) is 0.526. The zero-order chi connectivity index (χ0) is 12.7. The molecule has 0 amide bonds. The molecule has 0 spiro atoms. The standard InChI is InChI=1S/C10H18N4O2S/c1-3-8-17(15,16)12-7-6-11-10-5-4-9(2)13-14-10/h4-5,12H,3,6-8H2,1-2H3,(H,11,14). The molecule has 1 rings (SSSR count). The highest BCUT2D eigenvalue weighted by molar-refractivity contribution is 7.89. The summed E-state index contributed by atoms with van der Waals surface area (Å²) in [6.07, 6.45) is 0.617. The van der Waals surface area contributed by atoms with E-state index < -0.39 is 10.0 Å². The molecule has 7 heteroatoms. The maximum absolute atomic E-state index is 11.3. The summed E-state index contributed by atoms with van der Waals surface area (Å²) in [4.78, 5) is 0. The van der Waals surface area contributed by atoms with Gasteiger partial charge < -0.3 is 5.32 Å². The van der Waals surface area contributed by atoms with Crippen molar-refractivity contribution in [2.75, 3.05) is 24.2 Å². The molecule has 0 aromatic carbocycles. The van der Waals surface area contributed by atoms with Gasteiger partial charge in [-0.1, -0.05) is 6.92 Å². The quantitative estimate of drug-likeness (QED) is 0.697. The summed E-state index contributed by atoms with van der Waals surface area (Å²) < 4.78 is 25.1. The molecule has 1 heterocycles. The number of nitrogens with zero attached hydrogens (tertiary/aromatic N) is 2. The Morgan fingerprint density at radius 1 is 1.24 bits per heavy atom. The molecule has 0 aliphatic rings. The number of nitrogens with one attached hydrogen (secondary N) is 2. The van der Waals surface area contributed by atoms with Crippen LogP contribution in [0.2, 0.25) is 0 Å². The van der Waals surface area contributed by atoms with Gasteiger partial charge in [0.25, 0.3) is 0 Å². The molecular formula is C10H18N4O2S. The van der Waals surface area contributed by atoms with E-state index in [0.717, 1.165) is 5.69 Å². The van der Waals surface area contributed by atoms with E-state index in [-0.39, 0.29) is 5.75 Å². The third kappa shape index (κ3) is 5.60. The molecule has 0 saturated heterocycles. The van der Waals surface area contributed by atoms with Crippen LogP contribution in [0.4, 0.5) is 5.82 Å². The molecule has 17 heavy (non-hydrogen) atoms. The minimum Gasteiger partial charge on any atom is -0.367 e. The van der Waals surface area contributed by atoms with Gasteiger partial charge >= 0.3 is 0 Å². The van der Waals surface area contributed by atoms with Gasteiger partial charge in [-0.2, -0.15) is 5.10 Å². The molecule has 0 radical (unpaired) electrons. The third-order valence-corrected chi connectivity index (χ3v) is 3.61. The highest BCUT2D eigenvalue weighted by Crippen LogP contribution is 1.99. The Hall–Kier alpha value is -1.21. The topological polar surface area (TPSA) is 84.0 Å². The molecule has 96 valence electrons. The summed E-state index contributed by atoms with van der Waals surface area (Å²) in [6, 6.07) is 3.65. The Morgan fingerprint density at radius 2 is 2.00 bits per heavy atom. The molecular weight excluding hydrogens is 240 g/mol. The van der Waals surface area contributed by atoms with E-state index in [0.29, 0.717) is 25.3 Å². The van der Waals surface area contributed by atoms with Crippen LogP contribution in [0.5, 0.6) is 0 Å². The molecule has 0 aliphatic carbocycles. The van der Waals surface area contributed by atoms with Crippen molar-refractivity contribution in [1.29, 1.82) is 0 Å². The third-order valence-electron chi connectivity index (χ3n) is 2.02. The van der Waals surface area contributed by atoms with Gasteiger partial charge in [-0.05, 0) is 25.5 Å². The van der Waals surface area contributed by atoms with Gasteiger partial charge in [0.2, 0.25) is 10.0 Å². The number of rotatable bonds is 7. The average molecular weight is 258 g/mol. The monoisotopic (exact) mass is 258 g/mol. The normalized spacial score (nSPS) is 11.4. The van der Waals surface area contributed by atoms with Crippen LogP contribution >= 0.6 is 0 Å². The molecule has 0 unspecified atom stereocenters. The first-order valence-electron chi connectivity index (χ1n) is 5.55. The number of anilines is 1. The molecule has 0 fully saturated rings. The Morgan fingerprint density at radius 3 is 2.59 bits per heavy atom. The first kappa shape index (κ1) is 13.9. The van der Waals surface area contributed by atoms with Gasteiger partial charge in [-0.25, -0.2) is 13.1 Å². The van der Waals surface area contributed by atoms with Gasteiger partial charge in [-0.3, -0.25) is 0 Å². The molecule has 0 saturated carbocycles. The summed E-state index contributed by atoms with van der Waals surface area (Å²) in [5.74, 6) is 0.808. The van der Waals surface area contributed by atoms with E-state index in [2.05, 4.69) is 20.2 Å². The number of hydrogen-bond donors (Lipinski definition) is 2. The second kappa shape index (κ2) is 6.51. The van der Waals surface area contributed by atoms with Crippen LogP contribution in [0, 0.1) is 6.92 Å². The fraction of sp³-hybridized carbons (Fsp3) is 0.600. The smallest absolute Gasteiger partial charge is 0.211 e. The first-order valence-corrected chi connectivity index (χ1v) is 7.20. The Kier molecular flexibility index (Phi) is 5.30. The molecule has 1 aromatic heterocycles. The molecule has 2 N–H and O–H groups in total. The van der Waals surface area contributed by atoms with Crippen LogP contribution in [-0.4, -0.2) is 37.5 Å². The van der Waals surface area contributed by atoms with Crippen LogP contribution < -0.4 is 10.0 Å². The van der Waals surface area contributed by atoms with Crippen LogP contribution in [0.1, 0.15) is 19.0 Å². The Bertz CT molecular complexity index is 430. The van der Waals surface area contributed by atoms with E-state index in [4.69, 9.17) is 0 Å². The van der Waals surface area contributed by atoms with Crippen molar-refractivity contribution < 1.29 is 8.42 Å². The van der Waals surface area contributed by atoms with Crippen molar-refractivity contribution in [3.05, 3.63) is 17.8 Å². The van der Waals surface area contributed by atoms with Crippen molar-refractivity contribution in [2.45, 2.75) is 20.3 Å². The van der Waals surface area contributed by atoms with E-state index in [1.54, 1.807) is 0 Å². The highest BCUT2D eigenvalue weighted by atomic mass is 32.2. The van der Waals surface area contributed by atoms with Gasteiger partial charge in [0.1, 0.15) is 5.82 Å².